The largest absolute Gasteiger partial charge is 0.495 e. The molecule has 3 N–H and O–H groups in total. The Labute approximate surface area is 146 Å². The number of nitrogens with two attached hydrogens (primary N) is 1. The molecule has 1 aliphatic carbocycles. The first-order valence-corrected chi connectivity index (χ1v) is 8.40. The molecule has 1 aromatic carbocycles. The van der Waals surface area contributed by atoms with E-state index in [9.17, 15) is 0 Å². The molecule has 1 heterocycles. The van der Waals surface area contributed by atoms with E-state index >= 15 is 0 Å². The molecule has 1 aromatic heterocycles. The Morgan fingerprint density at radius 3 is 2.96 bits per heavy atom. The van der Waals surface area contributed by atoms with Gasteiger partial charge in [0.25, 0.3) is 0 Å². The monoisotopic (exact) mass is 347 g/mol. The van der Waals surface area contributed by atoms with E-state index < -0.39 is 0 Å². The average Bonchev–Trinajstić information content (AvgIpc) is 2.88. The Balaban J connectivity index is 1.71. The molecule has 0 unspecified atom stereocenters. The quantitative estimate of drug-likeness (QED) is 0.658. The fraction of sp³-hybridized carbons (Fsp3) is 0.412. The summed E-state index contributed by atoms with van der Waals surface area (Å²) in [5.41, 5.74) is 10.5. The topological polar surface area (TPSA) is 77.5 Å². The molecule has 2 aromatic rings. The number of fused-ring (bicyclic) bond motifs is 1. The second-order valence-electron chi connectivity index (χ2n) is 5.88. The van der Waals surface area contributed by atoms with Gasteiger partial charge in [0.1, 0.15) is 5.75 Å². The van der Waals surface area contributed by atoms with Crippen LogP contribution in [0.2, 0.25) is 5.02 Å². The van der Waals surface area contributed by atoms with Crippen molar-refractivity contribution in [3.63, 3.8) is 0 Å². The van der Waals surface area contributed by atoms with Crippen LogP contribution in [-0.4, -0.2) is 22.8 Å². The molecule has 3 rings (SSSR count). The molecule has 0 amide bonds. The number of anilines is 1. The summed E-state index contributed by atoms with van der Waals surface area (Å²) in [7, 11) is 3.55. The van der Waals surface area contributed by atoms with Crippen molar-refractivity contribution in [2.24, 2.45) is 17.8 Å². The minimum absolute atomic E-state index is 0.349. The Morgan fingerprint density at radius 2 is 2.21 bits per heavy atom. The predicted molar refractivity (Wildman–Crippen MR) is 96.8 cm³/mol. The summed E-state index contributed by atoms with van der Waals surface area (Å²) in [6.07, 6.45) is 4.57. The van der Waals surface area contributed by atoms with Gasteiger partial charge in [-0.05, 0) is 49.4 Å². The maximum atomic E-state index is 6.11. The third-order valence-electron chi connectivity index (χ3n) is 4.27. The Bertz CT molecular complexity index is 769. The molecule has 1 aliphatic rings. The van der Waals surface area contributed by atoms with Gasteiger partial charge in [-0.2, -0.15) is 5.10 Å². The van der Waals surface area contributed by atoms with Crippen LogP contribution in [0.4, 0.5) is 5.69 Å². The minimum Gasteiger partial charge on any atom is -0.495 e. The lowest BCUT2D eigenvalue weighted by molar-refractivity contribution is 0.415. The van der Waals surface area contributed by atoms with Crippen molar-refractivity contribution in [1.29, 1.82) is 0 Å². The standard InChI is InChI=1S/C17H22ClN5O/c1-23-15(12-5-3-4-6-14(12)22-23)10-20-17(19)21-11-7-8-16(24-2)13(18)9-11/h7-9H,3-6,10H2,1-2H3,(H3,19,20,21). The zero-order valence-corrected chi connectivity index (χ0v) is 14.7. The number of nitrogens with one attached hydrogen (secondary N) is 1. The number of aryl methyl sites for hydroxylation is 2. The summed E-state index contributed by atoms with van der Waals surface area (Å²) in [6.45, 7) is 0.515. The molecule has 0 atom stereocenters. The van der Waals surface area contributed by atoms with Crippen LogP contribution in [0.25, 0.3) is 0 Å². The highest BCUT2D eigenvalue weighted by Crippen LogP contribution is 2.27. The molecular weight excluding hydrogens is 326 g/mol. The Hall–Kier alpha value is -2.21. The molecule has 0 saturated heterocycles. The van der Waals surface area contributed by atoms with Crippen molar-refractivity contribution in [2.75, 3.05) is 12.4 Å². The summed E-state index contributed by atoms with van der Waals surface area (Å²) >= 11 is 6.11. The molecule has 0 radical (unpaired) electrons. The van der Waals surface area contributed by atoms with Crippen LogP contribution in [0.15, 0.2) is 23.2 Å². The number of nitrogens with zero attached hydrogens (tertiary/aromatic N) is 3. The molecule has 0 aliphatic heterocycles. The van der Waals surface area contributed by atoms with E-state index in [1.807, 2.05) is 17.8 Å². The van der Waals surface area contributed by atoms with E-state index in [1.54, 1.807) is 19.2 Å². The van der Waals surface area contributed by atoms with Crippen molar-refractivity contribution < 1.29 is 4.74 Å². The molecule has 128 valence electrons. The number of guanidine groups is 1. The first kappa shape index (κ1) is 16.6. The summed E-state index contributed by atoms with van der Waals surface area (Å²) in [6, 6.07) is 5.39. The van der Waals surface area contributed by atoms with Crippen LogP contribution >= 0.6 is 11.6 Å². The number of rotatable bonds is 4. The van der Waals surface area contributed by atoms with Gasteiger partial charge in [0, 0.05) is 12.7 Å². The van der Waals surface area contributed by atoms with Gasteiger partial charge in [-0.3, -0.25) is 4.68 Å². The van der Waals surface area contributed by atoms with Crippen LogP contribution < -0.4 is 15.8 Å². The van der Waals surface area contributed by atoms with Crippen LogP contribution in [-0.2, 0) is 26.4 Å². The van der Waals surface area contributed by atoms with Crippen molar-refractivity contribution in [3.05, 3.63) is 40.2 Å². The molecule has 7 heteroatoms. The number of benzene rings is 1. The number of ether oxygens (including phenoxy) is 1. The molecule has 0 spiro atoms. The van der Waals surface area contributed by atoms with Crippen molar-refractivity contribution >= 4 is 23.2 Å². The van der Waals surface area contributed by atoms with Crippen LogP contribution in [0.1, 0.15) is 29.8 Å². The first-order valence-electron chi connectivity index (χ1n) is 8.02. The lowest BCUT2D eigenvalue weighted by Crippen LogP contribution is -2.23. The number of hydrogen-bond acceptors (Lipinski definition) is 3. The highest BCUT2D eigenvalue weighted by Gasteiger charge is 2.18. The lowest BCUT2D eigenvalue weighted by atomic mass is 9.96. The summed E-state index contributed by atoms with van der Waals surface area (Å²) in [5.74, 6) is 0.973. The minimum atomic E-state index is 0.349. The molecule has 24 heavy (non-hydrogen) atoms. The number of halogens is 1. The van der Waals surface area contributed by atoms with Gasteiger partial charge in [0.2, 0.25) is 0 Å². The van der Waals surface area contributed by atoms with Gasteiger partial charge in [-0.1, -0.05) is 11.6 Å². The van der Waals surface area contributed by atoms with E-state index in [1.165, 1.54) is 24.1 Å². The van der Waals surface area contributed by atoms with Crippen molar-refractivity contribution in [3.8, 4) is 5.75 Å². The molecule has 0 saturated carbocycles. The first-order chi connectivity index (χ1) is 11.6. The summed E-state index contributed by atoms with van der Waals surface area (Å²) < 4.78 is 7.06. The highest BCUT2D eigenvalue weighted by atomic mass is 35.5. The third-order valence-corrected chi connectivity index (χ3v) is 4.57. The summed E-state index contributed by atoms with van der Waals surface area (Å²) in [5, 5.41) is 8.18. The fourth-order valence-corrected chi connectivity index (χ4v) is 3.29. The lowest BCUT2D eigenvalue weighted by Gasteiger charge is -2.11. The normalized spacial score (nSPS) is 14.4. The van der Waals surface area contributed by atoms with Gasteiger partial charge in [0.15, 0.2) is 5.96 Å². The van der Waals surface area contributed by atoms with Gasteiger partial charge < -0.3 is 15.8 Å². The molecular formula is C17H22ClN5O. The Kier molecular flexibility index (Phi) is 4.94. The average molecular weight is 348 g/mol. The van der Waals surface area contributed by atoms with E-state index in [4.69, 9.17) is 22.1 Å². The molecule has 6 nitrogen and oxygen atoms in total. The van der Waals surface area contributed by atoms with Gasteiger partial charge >= 0.3 is 0 Å². The van der Waals surface area contributed by atoms with Crippen LogP contribution in [0.5, 0.6) is 5.75 Å². The zero-order chi connectivity index (χ0) is 17.1. The SMILES string of the molecule is COc1ccc(NC(N)=NCc2c3c(nn2C)CCCC3)cc1Cl. The maximum absolute atomic E-state index is 6.11. The number of methoxy groups -OCH3 is 1. The smallest absolute Gasteiger partial charge is 0.193 e. The maximum Gasteiger partial charge on any atom is 0.193 e. The van der Waals surface area contributed by atoms with E-state index in [2.05, 4.69) is 15.4 Å². The molecule has 0 fully saturated rings. The Morgan fingerprint density at radius 1 is 1.42 bits per heavy atom. The van der Waals surface area contributed by atoms with E-state index in [-0.39, 0.29) is 0 Å². The van der Waals surface area contributed by atoms with Gasteiger partial charge in [-0.15, -0.1) is 0 Å². The number of aromatic nitrogens is 2. The fourth-order valence-electron chi connectivity index (χ4n) is 3.04. The second kappa shape index (κ2) is 7.13. The van der Waals surface area contributed by atoms with Crippen molar-refractivity contribution in [1.82, 2.24) is 9.78 Å². The van der Waals surface area contributed by atoms with Crippen molar-refractivity contribution in [2.45, 2.75) is 32.2 Å². The van der Waals surface area contributed by atoms with E-state index in [0.29, 0.717) is 23.3 Å². The van der Waals surface area contributed by atoms with Crippen LogP contribution in [0.3, 0.4) is 0 Å². The number of aliphatic imine (C=N–C) groups is 1. The highest BCUT2D eigenvalue weighted by molar-refractivity contribution is 6.32. The van der Waals surface area contributed by atoms with Gasteiger partial charge in [0.05, 0.1) is 30.1 Å². The van der Waals surface area contributed by atoms with E-state index in [0.717, 1.165) is 24.2 Å². The second-order valence-corrected chi connectivity index (χ2v) is 6.29. The predicted octanol–water partition coefficient (Wildman–Crippen LogP) is 2.89. The van der Waals surface area contributed by atoms with Crippen LogP contribution in [0, 0.1) is 0 Å². The molecule has 0 bridgehead atoms. The van der Waals surface area contributed by atoms with Gasteiger partial charge in [-0.25, -0.2) is 4.99 Å². The zero-order valence-electron chi connectivity index (χ0n) is 14.0. The number of hydrogen-bond donors (Lipinski definition) is 2. The third kappa shape index (κ3) is 3.48. The summed E-state index contributed by atoms with van der Waals surface area (Å²) in [4.78, 5) is 4.45.